The summed E-state index contributed by atoms with van der Waals surface area (Å²) in [5.41, 5.74) is 0.501. The lowest BCUT2D eigenvalue weighted by Gasteiger charge is -2.34. The van der Waals surface area contributed by atoms with Gasteiger partial charge in [-0.15, -0.1) is 22.9 Å². The molecule has 3 heterocycles. The average Bonchev–Trinajstić information content (AvgIpc) is 3.59. The quantitative estimate of drug-likeness (QED) is 0.337. The number of hydrogen-bond donors (Lipinski definition) is 3. The van der Waals surface area contributed by atoms with E-state index < -0.39 is 0 Å². The molecule has 1 aromatic heterocycles. The second-order valence-corrected chi connectivity index (χ2v) is 9.94. The molecule has 6 nitrogen and oxygen atoms in total. The number of fused-ring (bicyclic) bond motifs is 1. The lowest BCUT2D eigenvalue weighted by Crippen LogP contribution is -2.49. The summed E-state index contributed by atoms with van der Waals surface area (Å²) in [6.45, 7) is 9.67. The SMILES string of the molecule is C/C=C\C(=N)c1ccc(NC(C(=O)N2C[C@H](Cl)[C@H]3OCC[C@H]32)C2CCCCC2)s1.C=N.CC. The third-order valence-corrected chi connectivity index (χ3v) is 7.84. The summed E-state index contributed by atoms with van der Waals surface area (Å²) in [6.07, 6.45) is 10.3. The molecule has 1 aliphatic carbocycles. The van der Waals surface area contributed by atoms with Gasteiger partial charge in [-0.1, -0.05) is 39.2 Å². The van der Waals surface area contributed by atoms with E-state index >= 15 is 0 Å². The molecule has 0 bridgehead atoms. The van der Waals surface area contributed by atoms with Gasteiger partial charge in [-0.25, -0.2) is 0 Å². The molecular weight excluding hydrogens is 456 g/mol. The van der Waals surface area contributed by atoms with Gasteiger partial charge >= 0.3 is 0 Å². The minimum absolute atomic E-state index is 0.0257. The normalized spacial score (nSPS) is 25.5. The van der Waals surface area contributed by atoms with Crippen molar-refractivity contribution in [2.75, 3.05) is 18.5 Å². The van der Waals surface area contributed by atoms with Crippen LogP contribution in [0.5, 0.6) is 0 Å². The zero-order chi connectivity index (χ0) is 24.4. The second-order valence-electron chi connectivity index (χ2n) is 8.30. The van der Waals surface area contributed by atoms with Crippen LogP contribution in [0.4, 0.5) is 5.00 Å². The summed E-state index contributed by atoms with van der Waals surface area (Å²) in [6, 6.07) is 3.83. The lowest BCUT2D eigenvalue weighted by molar-refractivity contribution is -0.134. The molecule has 3 aliphatic rings. The number of hydrogen-bond acceptors (Lipinski definition) is 6. The van der Waals surface area contributed by atoms with Gasteiger partial charge in [0.25, 0.3) is 0 Å². The van der Waals surface area contributed by atoms with Gasteiger partial charge in [0.15, 0.2) is 0 Å². The molecule has 2 saturated heterocycles. The van der Waals surface area contributed by atoms with Crippen molar-refractivity contribution in [3.63, 3.8) is 0 Å². The number of ether oxygens (including phenoxy) is 1. The van der Waals surface area contributed by atoms with Crippen molar-refractivity contribution in [2.45, 2.75) is 82.9 Å². The molecule has 8 heteroatoms. The Labute approximate surface area is 207 Å². The first-order chi connectivity index (χ1) is 16.1. The van der Waals surface area contributed by atoms with Gasteiger partial charge in [-0.05, 0) is 57.0 Å². The van der Waals surface area contributed by atoms with Crippen molar-refractivity contribution in [3.8, 4) is 0 Å². The number of likely N-dealkylation sites (tertiary alicyclic amines) is 1. The first-order valence-corrected chi connectivity index (χ1v) is 13.3. The molecular formula is C25H39ClN4O2S. The van der Waals surface area contributed by atoms with E-state index in [1.807, 2.05) is 43.9 Å². The Bertz CT molecular complexity index is 793. The number of alkyl halides is 1. The number of anilines is 1. The molecule has 4 rings (SSSR count). The molecule has 1 amide bonds. The fourth-order valence-electron chi connectivity index (χ4n) is 4.95. The van der Waals surface area contributed by atoms with Crippen molar-refractivity contribution < 1.29 is 9.53 Å². The third-order valence-electron chi connectivity index (χ3n) is 6.40. The predicted molar refractivity (Wildman–Crippen MR) is 141 cm³/mol. The highest BCUT2D eigenvalue weighted by atomic mass is 35.5. The van der Waals surface area contributed by atoms with Crippen LogP contribution in [0, 0.1) is 16.7 Å². The summed E-state index contributed by atoms with van der Waals surface area (Å²) in [4.78, 5) is 16.6. The standard InChI is InChI=1S/C22H30ClN3O2S.C2H6.CH3N/c1-2-6-16(24)18-9-10-19(29-18)25-20(14-7-4-3-5-8-14)22(27)26-13-15(23)21-17(26)11-12-28-21;2*1-2/h2,6,9-10,14-15,17,20-21,24-25H,3-5,7-8,11-13H2,1H3;1-2H3;2H,1H2/b6-2-,24-16?;;/t15-,17+,20?,21+;;/m0../s1. The Hall–Kier alpha value is -1.70. The Balaban J connectivity index is 0.000000914. The van der Waals surface area contributed by atoms with Crippen LogP contribution in [-0.4, -0.2) is 60.0 Å². The Morgan fingerprint density at radius 1 is 1.27 bits per heavy atom. The maximum absolute atomic E-state index is 13.7. The zero-order valence-corrected chi connectivity index (χ0v) is 21.7. The monoisotopic (exact) mass is 494 g/mol. The molecule has 0 aromatic carbocycles. The van der Waals surface area contributed by atoms with Crippen LogP contribution < -0.4 is 5.32 Å². The molecule has 1 aromatic rings. The number of nitrogens with one attached hydrogen (secondary N) is 3. The van der Waals surface area contributed by atoms with Gasteiger partial charge < -0.3 is 20.4 Å². The van der Waals surface area contributed by atoms with Gasteiger partial charge in [0.05, 0.1) is 33.1 Å². The lowest BCUT2D eigenvalue weighted by atomic mass is 9.83. The van der Waals surface area contributed by atoms with Gasteiger partial charge in [-0.2, -0.15) is 0 Å². The van der Waals surface area contributed by atoms with E-state index in [4.69, 9.17) is 27.2 Å². The van der Waals surface area contributed by atoms with Crippen LogP contribution in [0.2, 0.25) is 0 Å². The molecule has 1 saturated carbocycles. The fourth-order valence-corrected chi connectivity index (χ4v) is 6.21. The summed E-state index contributed by atoms with van der Waals surface area (Å²) in [7, 11) is 0. The summed E-state index contributed by atoms with van der Waals surface area (Å²) < 4.78 is 5.79. The fraction of sp³-hybridized carbons (Fsp3) is 0.640. The van der Waals surface area contributed by atoms with E-state index in [-0.39, 0.29) is 29.5 Å². The first kappa shape index (κ1) is 27.5. The van der Waals surface area contributed by atoms with Crippen molar-refractivity contribution in [3.05, 3.63) is 29.2 Å². The van der Waals surface area contributed by atoms with Crippen LogP contribution in [0.1, 0.15) is 64.2 Å². The number of carbonyl (C=O) groups excluding carboxylic acids is 1. The number of carbonyl (C=O) groups is 1. The van der Waals surface area contributed by atoms with Gasteiger partial charge in [-0.3, -0.25) is 10.2 Å². The molecule has 1 unspecified atom stereocenters. The molecule has 4 atom stereocenters. The number of halogens is 1. The Morgan fingerprint density at radius 2 is 1.97 bits per heavy atom. The number of thiophene rings is 1. The van der Waals surface area contributed by atoms with E-state index in [1.165, 1.54) is 19.3 Å². The summed E-state index contributed by atoms with van der Waals surface area (Å²) in [5, 5.41) is 18.0. The Kier molecular flexibility index (Phi) is 11.6. The number of allylic oxidation sites excluding steroid dienone is 2. The molecule has 2 aliphatic heterocycles. The molecule has 184 valence electrons. The third kappa shape index (κ3) is 6.67. The largest absolute Gasteiger partial charge is 0.374 e. The van der Waals surface area contributed by atoms with Gasteiger partial charge in [0.1, 0.15) is 6.04 Å². The van der Waals surface area contributed by atoms with Gasteiger partial charge in [0, 0.05) is 13.2 Å². The second kappa shape index (κ2) is 13.9. The smallest absolute Gasteiger partial charge is 0.245 e. The van der Waals surface area contributed by atoms with Crippen LogP contribution >= 0.6 is 22.9 Å². The van der Waals surface area contributed by atoms with Crippen molar-refractivity contribution in [2.24, 2.45) is 5.92 Å². The molecule has 3 N–H and O–H groups in total. The maximum atomic E-state index is 13.7. The van der Waals surface area contributed by atoms with Gasteiger partial charge in [0.2, 0.25) is 5.91 Å². The molecule has 0 spiro atoms. The highest BCUT2D eigenvalue weighted by molar-refractivity contribution is 7.18. The predicted octanol–water partition coefficient (Wildman–Crippen LogP) is 5.95. The van der Waals surface area contributed by atoms with E-state index in [0.29, 0.717) is 24.8 Å². The van der Waals surface area contributed by atoms with Crippen LogP contribution in [0.3, 0.4) is 0 Å². The topological polar surface area (TPSA) is 89.3 Å². The summed E-state index contributed by atoms with van der Waals surface area (Å²) in [5.74, 6) is 0.506. The number of rotatable bonds is 6. The van der Waals surface area contributed by atoms with E-state index in [1.54, 1.807) is 17.4 Å². The number of nitrogens with zero attached hydrogens (tertiary/aromatic N) is 1. The van der Waals surface area contributed by atoms with E-state index in [2.05, 4.69) is 12.0 Å². The molecule has 3 fully saturated rings. The first-order valence-electron chi connectivity index (χ1n) is 12.1. The minimum Gasteiger partial charge on any atom is -0.374 e. The van der Waals surface area contributed by atoms with Crippen LogP contribution in [0.25, 0.3) is 0 Å². The van der Waals surface area contributed by atoms with E-state index in [9.17, 15) is 4.79 Å². The molecule has 33 heavy (non-hydrogen) atoms. The number of amides is 1. The summed E-state index contributed by atoms with van der Waals surface area (Å²) >= 11 is 8.05. The molecule has 0 radical (unpaired) electrons. The van der Waals surface area contributed by atoms with Crippen molar-refractivity contribution in [1.29, 1.82) is 10.8 Å². The van der Waals surface area contributed by atoms with Crippen molar-refractivity contribution in [1.82, 2.24) is 4.90 Å². The highest BCUT2D eigenvalue weighted by Gasteiger charge is 2.49. The Morgan fingerprint density at radius 3 is 2.64 bits per heavy atom. The average molecular weight is 495 g/mol. The minimum atomic E-state index is -0.235. The highest BCUT2D eigenvalue weighted by Crippen LogP contribution is 2.36. The van der Waals surface area contributed by atoms with E-state index in [0.717, 1.165) is 29.1 Å². The van der Waals surface area contributed by atoms with Crippen LogP contribution in [-0.2, 0) is 9.53 Å². The van der Waals surface area contributed by atoms with Crippen molar-refractivity contribution >= 4 is 46.3 Å². The zero-order valence-electron chi connectivity index (χ0n) is 20.1. The van der Waals surface area contributed by atoms with Crippen LogP contribution in [0.15, 0.2) is 24.3 Å². The maximum Gasteiger partial charge on any atom is 0.245 e.